The van der Waals surface area contributed by atoms with E-state index in [-0.39, 0.29) is 22.7 Å². The molecule has 148 valence electrons. The second-order valence-electron chi connectivity index (χ2n) is 6.71. The fourth-order valence-corrected chi connectivity index (χ4v) is 4.03. The third-order valence-electron chi connectivity index (χ3n) is 5.03. The van der Waals surface area contributed by atoms with Crippen molar-refractivity contribution in [2.24, 2.45) is 0 Å². The smallest absolute Gasteiger partial charge is 0.297 e. The normalized spacial score (nSPS) is 15.5. The molecule has 0 radical (unpaired) electrons. The largest absolute Gasteiger partial charge is 0.497 e. The average molecular weight is 464 g/mol. The lowest BCUT2D eigenvalue weighted by Crippen LogP contribution is -2.31. The van der Waals surface area contributed by atoms with Gasteiger partial charge in [0, 0.05) is 16.9 Å². The molecule has 0 bridgehead atoms. The summed E-state index contributed by atoms with van der Waals surface area (Å²) in [5, 5.41) is 0.394. The number of rotatable bonds is 3. The van der Waals surface area contributed by atoms with E-state index < -0.39 is 11.9 Å². The Kier molecular flexibility index (Phi) is 4.36. The van der Waals surface area contributed by atoms with E-state index in [1.54, 1.807) is 55.9 Å². The Morgan fingerprint density at radius 3 is 2.50 bits per heavy atom. The van der Waals surface area contributed by atoms with Crippen LogP contribution >= 0.6 is 15.9 Å². The fourth-order valence-electron chi connectivity index (χ4n) is 3.67. The summed E-state index contributed by atoms with van der Waals surface area (Å²) in [6.45, 7) is 0. The van der Waals surface area contributed by atoms with Crippen LogP contribution in [0.5, 0.6) is 5.75 Å². The highest BCUT2D eigenvalue weighted by molar-refractivity contribution is 9.10. The highest BCUT2D eigenvalue weighted by atomic mass is 79.9. The van der Waals surface area contributed by atoms with Crippen LogP contribution in [0.2, 0.25) is 0 Å². The van der Waals surface area contributed by atoms with Crippen LogP contribution in [0.4, 0.5) is 5.95 Å². The zero-order valence-corrected chi connectivity index (χ0v) is 17.3. The SMILES string of the molecule is COc1ccc(C2c3c(oc4ccc(Br)cc4c3=O)C(=O)N2c2ncccn2)cc1. The topological polar surface area (TPSA) is 85.5 Å². The summed E-state index contributed by atoms with van der Waals surface area (Å²) in [5.74, 6) is 0.404. The van der Waals surface area contributed by atoms with E-state index in [0.717, 1.165) is 10.0 Å². The molecule has 0 fully saturated rings. The number of hydrogen-bond acceptors (Lipinski definition) is 6. The predicted octanol–water partition coefficient (Wildman–Crippen LogP) is 4.10. The predicted molar refractivity (Wildman–Crippen MR) is 114 cm³/mol. The number of aromatic nitrogens is 2. The Bertz CT molecular complexity index is 1340. The van der Waals surface area contributed by atoms with Gasteiger partial charge in [-0.1, -0.05) is 28.1 Å². The van der Waals surface area contributed by atoms with Gasteiger partial charge < -0.3 is 9.15 Å². The van der Waals surface area contributed by atoms with Crippen molar-refractivity contribution in [1.29, 1.82) is 0 Å². The second kappa shape index (κ2) is 7.07. The number of carbonyl (C=O) groups excluding carboxylic acids is 1. The van der Waals surface area contributed by atoms with Crippen LogP contribution < -0.4 is 15.1 Å². The van der Waals surface area contributed by atoms with Crippen LogP contribution in [0.15, 0.2) is 74.6 Å². The van der Waals surface area contributed by atoms with E-state index >= 15 is 0 Å². The number of amides is 1. The first-order valence-corrected chi connectivity index (χ1v) is 9.88. The molecule has 30 heavy (non-hydrogen) atoms. The molecule has 1 amide bonds. The molecule has 1 aliphatic heterocycles. The summed E-state index contributed by atoms with van der Waals surface area (Å²) in [4.78, 5) is 36.7. The number of benzene rings is 2. The highest BCUT2D eigenvalue weighted by Gasteiger charge is 2.44. The van der Waals surface area contributed by atoms with E-state index in [2.05, 4.69) is 25.9 Å². The van der Waals surface area contributed by atoms with Crippen molar-refractivity contribution in [3.8, 4) is 5.75 Å². The molecule has 1 unspecified atom stereocenters. The number of fused-ring (bicyclic) bond motifs is 2. The number of halogens is 1. The van der Waals surface area contributed by atoms with Crippen molar-refractivity contribution in [2.45, 2.75) is 6.04 Å². The third kappa shape index (κ3) is 2.80. The van der Waals surface area contributed by atoms with Gasteiger partial charge in [0.05, 0.1) is 24.1 Å². The first kappa shape index (κ1) is 18.5. The van der Waals surface area contributed by atoms with Gasteiger partial charge in [-0.05, 0) is 42.0 Å². The van der Waals surface area contributed by atoms with Crippen molar-refractivity contribution >= 4 is 38.8 Å². The summed E-state index contributed by atoms with van der Waals surface area (Å²) in [6, 6.07) is 13.2. The van der Waals surface area contributed by atoms with Crippen LogP contribution in [0, 0.1) is 0 Å². The van der Waals surface area contributed by atoms with Crippen molar-refractivity contribution in [1.82, 2.24) is 9.97 Å². The van der Waals surface area contributed by atoms with Crippen LogP contribution in [0.25, 0.3) is 11.0 Å². The number of ether oxygens (including phenoxy) is 1. The van der Waals surface area contributed by atoms with Crippen LogP contribution in [0.1, 0.15) is 27.7 Å². The van der Waals surface area contributed by atoms with Crippen LogP contribution in [-0.4, -0.2) is 23.0 Å². The second-order valence-corrected chi connectivity index (χ2v) is 7.63. The quantitative estimate of drug-likeness (QED) is 0.454. The van der Waals surface area contributed by atoms with Crippen LogP contribution in [-0.2, 0) is 0 Å². The molecular weight excluding hydrogens is 450 g/mol. The van der Waals surface area contributed by atoms with Gasteiger partial charge in [-0.3, -0.25) is 14.5 Å². The van der Waals surface area contributed by atoms with E-state index in [4.69, 9.17) is 9.15 Å². The van der Waals surface area contributed by atoms with Gasteiger partial charge in [0.15, 0.2) is 5.43 Å². The summed E-state index contributed by atoms with van der Waals surface area (Å²) in [5.41, 5.74) is 1.07. The molecule has 2 aromatic heterocycles. The minimum Gasteiger partial charge on any atom is -0.497 e. The van der Waals surface area contributed by atoms with E-state index in [9.17, 15) is 9.59 Å². The van der Waals surface area contributed by atoms with Gasteiger partial charge in [-0.2, -0.15) is 0 Å². The van der Waals surface area contributed by atoms with E-state index in [1.807, 2.05) is 12.1 Å². The maximum Gasteiger partial charge on any atom is 0.297 e. The lowest BCUT2D eigenvalue weighted by Gasteiger charge is -2.23. The van der Waals surface area contributed by atoms with E-state index in [1.165, 1.54) is 4.90 Å². The zero-order valence-electron chi connectivity index (χ0n) is 15.7. The van der Waals surface area contributed by atoms with Gasteiger partial charge in [0.2, 0.25) is 11.7 Å². The Morgan fingerprint density at radius 1 is 1.07 bits per heavy atom. The molecule has 7 nitrogen and oxygen atoms in total. The Morgan fingerprint density at radius 2 is 1.80 bits per heavy atom. The van der Waals surface area contributed by atoms with Crippen molar-refractivity contribution < 1.29 is 13.9 Å². The summed E-state index contributed by atoms with van der Waals surface area (Å²) < 4.78 is 11.9. The molecule has 0 saturated carbocycles. The van der Waals surface area contributed by atoms with Gasteiger partial charge in [0.25, 0.3) is 5.91 Å². The summed E-state index contributed by atoms with van der Waals surface area (Å²) in [6.07, 6.45) is 3.10. The summed E-state index contributed by atoms with van der Waals surface area (Å²) in [7, 11) is 1.58. The summed E-state index contributed by atoms with van der Waals surface area (Å²) >= 11 is 3.39. The van der Waals surface area contributed by atoms with Gasteiger partial charge in [0.1, 0.15) is 11.3 Å². The number of methoxy groups -OCH3 is 1. The lowest BCUT2D eigenvalue weighted by molar-refractivity contribution is 0.0969. The molecule has 3 heterocycles. The molecule has 0 N–H and O–H groups in total. The Balaban J connectivity index is 1.80. The first-order chi connectivity index (χ1) is 14.6. The number of carbonyl (C=O) groups is 1. The van der Waals surface area contributed by atoms with Gasteiger partial charge >= 0.3 is 0 Å². The first-order valence-electron chi connectivity index (χ1n) is 9.09. The molecule has 1 atom stereocenters. The molecule has 1 aliphatic rings. The van der Waals surface area contributed by atoms with E-state index in [0.29, 0.717) is 16.7 Å². The molecule has 4 aromatic rings. The molecule has 0 saturated heterocycles. The fraction of sp³-hybridized carbons (Fsp3) is 0.0909. The van der Waals surface area contributed by atoms with Crippen molar-refractivity contribution in [3.63, 3.8) is 0 Å². The number of hydrogen-bond donors (Lipinski definition) is 0. The maximum absolute atomic E-state index is 13.5. The van der Waals surface area contributed by atoms with Crippen molar-refractivity contribution in [2.75, 3.05) is 12.0 Å². The Labute approximate surface area is 179 Å². The maximum atomic E-state index is 13.5. The molecule has 5 rings (SSSR count). The van der Waals surface area contributed by atoms with Crippen molar-refractivity contribution in [3.05, 3.63) is 92.5 Å². The molecule has 0 aliphatic carbocycles. The number of nitrogens with zero attached hydrogens (tertiary/aromatic N) is 3. The van der Waals surface area contributed by atoms with Gasteiger partial charge in [-0.25, -0.2) is 9.97 Å². The number of anilines is 1. The van der Waals surface area contributed by atoms with Crippen LogP contribution in [0.3, 0.4) is 0 Å². The molecule has 8 heteroatoms. The Hall–Kier alpha value is -3.52. The third-order valence-corrected chi connectivity index (χ3v) is 5.52. The molecule has 2 aromatic carbocycles. The average Bonchev–Trinajstić information content (AvgIpc) is 3.07. The minimum atomic E-state index is -0.722. The lowest BCUT2D eigenvalue weighted by atomic mass is 9.98. The molecular formula is C22H14BrN3O4. The van der Waals surface area contributed by atoms with Gasteiger partial charge in [-0.15, -0.1) is 0 Å². The minimum absolute atomic E-state index is 0.00286. The highest BCUT2D eigenvalue weighted by Crippen LogP contribution is 2.40. The zero-order chi connectivity index (χ0) is 20.8. The standard InChI is InChI=1S/C22H14BrN3O4/c1-29-14-6-3-12(4-7-14)18-17-19(27)15-11-13(23)5-8-16(15)30-20(17)21(28)26(18)22-24-9-2-10-25-22/h2-11,18H,1H3. The molecule has 0 spiro atoms. The monoisotopic (exact) mass is 463 g/mol.